The number of rotatable bonds is 4. The highest BCUT2D eigenvalue weighted by molar-refractivity contribution is 6.30. The summed E-state index contributed by atoms with van der Waals surface area (Å²) in [4.78, 5) is 0. The Bertz CT molecular complexity index is 551. The Morgan fingerprint density at radius 1 is 1.16 bits per heavy atom. The van der Waals surface area contributed by atoms with Crippen LogP contribution in [-0.4, -0.2) is 0 Å². The van der Waals surface area contributed by atoms with Crippen LogP contribution in [0.3, 0.4) is 0 Å². The second-order valence-electron chi connectivity index (χ2n) is 4.73. The summed E-state index contributed by atoms with van der Waals surface area (Å²) in [5.41, 5.74) is 3.01. The molecule has 0 spiro atoms. The van der Waals surface area contributed by atoms with Crippen LogP contribution in [0.25, 0.3) is 0 Å². The molecule has 0 radical (unpaired) electrons. The van der Waals surface area contributed by atoms with Gasteiger partial charge in [-0.15, -0.1) is 0 Å². The lowest BCUT2D eigenvalue weighted by Gasteiger charge is -2.15. The van der Waals surface area contributed by atoms with E-state index >= 15 is 0 Å². The van der Waals surface area contributed by atoms with Crippen molar-refractivity contribution in [2.24, 2.45) is 0 Å². The first-order valence-electron chi connectivity index (χ1n) is 6.31. The monoisotopic (exact) mass is 277 g/mol. The molecule has 2 aromatic carbocycles. The van der Waals surface area contributed by atoms with Gasteiger partial charge in [0.25, 0.3) is 0 Å². The zero-order valence-electron chi connectivity index (χ0n) is 11.1. The van der Waals surface area contributed by atoms with Crippen LogP contribution in [0.2, 0.25) is 5.02 Å². The van der Waals surface area contributed by atoms with Crippen molar-refractivity contribution in [2.75, 3.05) is 0 Å². The van der Waals surface area contributed by atoms with Crippen molar-refractivity contribution in [3.63, 3.8) is 0 Å². The minimum Gasteiger partial charge on any atom is -0.306 e. The summed E-state index contributed by atoms with van der Waals surface area (Å²) in [5, 5.41) is 3.47. The highest BCUT2D eigenvalue weighted by Crippen LogP contribution is 2.19. The fraction of sp³-hybridized carbons (Fsp3) is 0.250. The van der Waals surface area contributed by atoms with Crippen LogP contribution < -0.4 is 5.32 Å². The first kappa shape index (κ1) is 14.0. The molecular formula is C16H17ClFN. The van der Waals surface area contributed by atoms with E-state index in [-0.39, 0.29) is 16.9 Å². The second-order valence-corrected chi connectivity index (χ2v) is 5.13. The first-order chi connectivity index (χ1) is 9.08. The third-order valence-electron chi connectivity index (χ3n) is 3.21. The van der Waals surface area contributed by atoms with Gasteiger partial charge >= 0.3 is 0 Å². The number of nitrogens with one attached hydrogen (secondary N) is 1. The first-order valence-corrected chi connectivity index (χ1v) is 6.68. The number of aryl methyl sites for hydroxylation is 1. The van der Waals surface area contributed by atoms with Gasteiger partial charge < -0.3 is 5.32 Å². The fourth-order valence-corrected chi connectivity index (χ4v) is 2.12. The van der Waals surface area contributed by atoms with Crippen molar-refractivity contribution >= 4 is 11.6 Å². The smallest absolute Gasteiger partial charge is 0.146 e. The maximum atomic E-state index is 13.7. The summed E-state index contributed by atoms with van der Waals surface area (Å²) in [6.07, 6.45) is 0. The molecule has 0 amide bonds. The van der Waals surface area contributed by atoms with Crippen molar-refractivity contribution in [3.8, 4) is 0 Å². The molecule has 100 valence electrons. The van der Waals surface area contributed by atoms with Crippen LogP contribution in [0.4, 0.5) is 4.39 Å². The molecule has 0 fully saturated rings. The summed E-state index contributed by atoms with van der Waals surface area (Å²) in [6, 6.07) is 13.6. The summed E-state index contributed by atoms with van der Waals surface area (Å²) in [7, 11) is 0. The minimum atomic E-state index is -0.340. The Kier molecular flexibility index (Phi) is 4.56. The van der Waals surface area contributed by atoms with Crippen LogP contribution in [0.5, 0.6) is 0 Å². The SMILES string of the molecule is Cc1ccc(C(C)NCc2cccc(Cl)c2F)cc1. The van der Waals surface area contributed by atoms with Crippen LogP contribution in [0, 0.1) is 12.7 Å². The summed E-state index contributed by atoms with van der Waals surface area (Å²) in [5.74, 6) is -0.340. The van der Waals surface area contributed by atoms with E-state index in [1.165, 1.54) is 11.1 Å². The summed E-state index contributed by atoms with van der Waals surface area (Å²) in [6.45, 7) is 4.58. The lowest BCUT2D eigenvalue weighted by molar-refractivity contribution is 0.544. The van der Waals surface area contributed by atoms with Gasteiger partial charge in [-0.25, -0.2) is 4.39 Å². The quantitative estimate of drug-likeness (QED) is 0.858. The molecule has 3 heteroatoms. The normalized spacial score (nSPS) is 12.4. The molecule has 1 unspecified atom stereocenters. The summed E-state index contributed by atoms with van der Waals surface area (Å²) < 4.78 is 13.7. The third kappa shape index (κ3) is 3.55. The van der Waals surface area contributed by atoms with Crippen LogP contribution in [-0.2, 0) is 6.54 Å². The molecule has 1 nitrogen and oxygen atoms in total. The Labute approximate surface area is 118 Å². The molecule has 0 bridgehead atoms. The van der Waals surface area contributed by atoms with Gasteiger partial charge in [0.1, 0.15) is 5.82 Å². The van der Waals surface area contributed by atoms with Crippen molar-refractivity contribution in [1.82, 2.24) is 5.32 Å². The standard InChI is InChI=1S/C16H17ClFN/c1-11-6-8-13(9-7-11)12(2)19-10-14-4-3-5-15(17)16(14)18/h3-9,12,19H,10H2,1-2H3. The number of hydrogen-bond acceptors (Lipinski definition) is 1. The van der Waals surface area contributed by atoms with E-state index in [1.54, 1.807) is 18.2 Å². The summed E-state index contributed by atoms with van der Waals surface area (Å²) >= 11 is 5.76. The van der Waals surface area contributed by atoms with Crippen molar-refractivity contribution in [2.45, 2.75) is 26.4 Å². The number of hydrogen-bond donors (Lipinski definition) is 1. The van der Waals surface area contributed by atoms with Gasteiger partial charge in [-0.05, 0) is 25.5 Å². The molecule has 0 aromatic heterocycles. The fourth-order valence-electron chi connectivity index (χ4n) is 1.92. The third-order valence-corrected chi connectivity index (χ3v) is 3.50. The molecule has 0 saturated carbocycles. The van der Waals surface area contributed by atoms with Crippen molar-refractivity contribution in [3.05, 3.63) is 70.0 Å². The molecule has 1 N–H and O–H groups in total. The van der Waals surface area contributed by atoms with E-state index in [9.17, 15) is 4.39 Å². The van der Waals surface area contributed by atoms with Gasteiger partial charge in [-0.3, -0.25) is 0 Å². The van der Waals surface area contributed by atoms with Crippen molar-refractivity contribution < 1.29 is 4.39 Å². The van der Waals surface area contributed by atoms with Crippen LogP contribution in [0.15, 0.2) is 42.5 Å². The molecule has 2 rings (SSSR count). The van der Waals surface area contributed by atoms with Gasteiger partial charge in [0.15, 0.2) is 0 Å². The average molecular weight is 278 g/mol. The van der Waals surface area contributed by atoms with Gasteiger partial charge in [0.2, 0.25) is 0 Å². The second kappa shape index (κ2) is 6.18. The average Bonchev–Trinajstić information content (AvgIpc) is 2.41. The number of halogens is 2. The Morgan fingerprint density at radius 3 is 2.53 bits per heavy atom. The Hall–Kier alpha value is -1.38. The highest BCUT2D eigenvalue weighted by atomic mass is 35.5. The van der Waals surface area contributed by atoms with Gasteiger partial charge in [-0.2, -0.15) is 0 Å². The van der Waals surface area contributed by atoms with E-state index in [0.29, 0.717) is 12.1 Å². The van der Waals surface area contributed by atoms with E-state index in [2.05, 4.69) is 43.4 Å². The van der Waals surface area contributed by atoms with E-state index in [4.69, 9.17) is 11.6 Å². The van der Waals surface area contributed by atoms with E-state index in [1.807, 2.05) is 0 Å². The van der Waals surface area contributed by atoms with Gasteiger partial charge in [0, 0.05) is 18.2 Å². The zero-order chi connectivity index (χ0) is 13.8. The number of benzene rings is 2. The predicted molar refractivity (Wildman–Crippen MR) is 77.8 cm³/mol. The van der Waals surface area contributed by atoms with Crippen molar-refractivity contribution in [1.29, 1.82) is 0 Å². The lowest BCUT2D eigenvalue weighted by Crippen LogP contribution is -2.18. The van der Waals surface area contributed by atoms with Gasteiger partial charge in [0.05, 0.1) is 5.02 Å². The maximum Gasteiger partial charge on any atom is 0.146 e. The molecule has 1 atom stereocenters. The Morgan fingerprint density at radius 2 is 1.84 bits per heavy atom. The van der Waals surface area contributed by atoms with Crippen LogP contribution in [0.1, 0.15) is 29.7 Å². The molecule has 0 saturated heterocycles. The maximum absolute atomic E-state index is 13.7. The molecule has 19 heavy (non-hydrogen) atoms. The van der Waals surface area contributed by atoms with Gasteiger partial charge in [-0.1, -0.05) is 53.6 Å². The molecule has 0 aliphatic carbocycles. The topological polar surface area (TPSA) is 12.0 Å². The zero-order valence-corrected chi connectivity index (χ0v) is 11.8. The molecule has 2 aromatic rings. The predicted octanol–water partition coefficient (Wildman–Crippen LogP) is 4.64. The minimum absolute atomic E-state index is 0.166. The largest absolute Gasteiger partial charge is 0.306 e. The lowest BCUT2D eigenvalue weighted by atomic mass is 10.1. The molecule has 0 heterocycles. The van der Waals surface area contributed by atoms with E-state index < -0.39 is 0 Å². The van der Waals surface area contributed by atoms with E-state index in [0.717, 1.165) is 0 Å². The molecule has 0 aliphatic rings. The molecule has 0 aliphatic heterocycles. The van der Waals surface area contributed by atoms with Crippen LogP contribution >= 0.6 is 11.6 Å². The highest BCUT2D eigenvalue weighted by Gasteiger charge is 2.08. The Balaban J connectivity index is 2.02. The molecular weight excluding hydrogens is 261 g/mol.